The van der Waals surface area contributed by atoms with Crippen molar-refractivity contribution in [2.45, 2.75) is 123 Å². The number of likely N-dealkylation sites (N-methyl/N-ethyl adjacent to an activating group) is 1. The van der Waals surface area contributed by atoms with E-state index in [-0.39, 0.29) is 42.7 Å². The van der Waals surface area contributed by atoms with Crippen LogP contribution < -0.4 is 0 Å². The van der Waals surface area contributed by atoms with Crippen molar-refractivity contribution in [2.24, 2.45) is 23.2 Å². The molecule has 0 aromatic heterocycles. The van der Waals surface area contributed by atoms with Crippen molar-refractivity contribution >= 4 is 23.7 Å². The normalized spacial score (nSPS) is 32.2. The number of allylic oxidation sites excluding steroid dienone is 1. The Labute approximate surface area is 297 Å². The van der Waals surface area contributed by atoms with Crippen LogP contribution in [0.3, 0.4) is 0 Å². The number of nitrogens with zero attached hydrogens (tertiary/aromatic N) is 3. The second-order valence-electron chi connectivity index (χ2n) is 16.9. The number of likely N-dealkylation sites (tertiary alicyclic amines) is 1. The molecular formula is C40H57N3O7. The summed E-state index contributed by atoms with van der Waals surface area (Å²) >= 11 is 0. The highest BCUT2D eigenvalue weighted by Gasteiger charge is 2.74. The molecule has 3 amide bonds. The lowest BCUT2D eigenvalue weighted by Gasteiger charge is -2.46. The topological polar surface area (TPSA) is 117 Å². The maximum Gasteiger partial charge on any atom is 0.313 e. The number of carbonyl (C=O) groups is 4. The molecule has 5 bridgehead atoms. The number of benzene rings is 1. The molecule has 4 aliphatic heterocycles. The maximum absolute atomic E-state index is 15.3. The summed E-state index contributed by atoms with van der Waals surface area (Å²) in [5, 5.41) is 10.8. The van der Waals surface area contributed by atoms with Crippen molar-refractivity contribution in [1.29, 1.82) is 0 Å². The Bertz CT molecular complexity index is 1500. The van der Waals surface area contributed by atoms with Gasteiger partial charge in [-0.2, -0.15) is 0 Å². The van der Waals surface area contributed by atoms with E-state index in [4.69, 9.17) is 9.47 Å². The Kier molecular flexibility index (Phi) is 10.8. The molecule has 5 rings (SSSR count). The molecule has 1 aromatic rings. The molecular weight excluding hydrogens is 634 g/mol. The molecule has 274 valence electrons. The Hall–Kier alpha value is -3.50. The first-order valence-corrected chi connectivity index (χ1v) is 18.2. The lowest BCUT2D eigenvalue weighted by Crippen LogP contribution is -2.62. The van der Waals surface area contributed by atoms with Crippen molar-refractivity contribution in [3.05, 3.63) is 60.2 Å². The van der Waals surface area contributed by atoms with Crippen LogP contribution in [0.1, 0.15) is 92.7 Å². The molecule has 1 N–H and O–H groups in total. The third kappa shape index (κ3) is 7.02. The van der Waals surface area contributed by atoms with Crippen LogP contribution >= 0.6 is 0 Å². The Morgan fingerprint density at radius 1 is 1.00 bits per heavy atom. The molecule has 1 spiro atoms. The first-order chi connectivity index (χ1) is 23.4. The van der Waals surface area contributed by atoms with Crippen LogP contribution in [0.2, 0.25) is 0 Å². The zero-order valence-corrected chi connectivity index (χ0v) is 31.3. The van der Waals surface area contributed by atoms with E-state index in [1.807, 2.05) is 82.0 Å². The summed E-state index contributed by atoms with van der Waals surface area (Å²) in [5.74, 6) is -3.32. The quantitative estimate of drug-likeness (QED) is 0.314. The van der Waals surface area contributed by atoms with E-state index >= 15 is 4.79 Å². The predicted molar refractivity (Wildman–Crippen MR) is 190 cm³/mol. The third-order valence-corrected chi connectivity index (χ3v) is 10.9. The highest BCUT2D eigenvalue weighted by atomic mass is 16.6. The first kappa shape index (κ1) is 37.7. The number of aliphatic hydroxyl groups is 1. The average Bonchev–Trinajstić information content (AvgIpc) is 3.69. The summed E-state index contributed by atoms with van der Waals surface area (Å²) in [5.41, 5.74) is -1.47. The molecule has 0 saturated carbocycles. The highest BCUT2D eigenvalue weighted by molar-refractivity contribution is 5.99. The van der Waals surface area contributed by atoms with Gasteiger partial charge in [-0.1, -0.05) is 89.3 Å². The van der Waals surface area contributed by atoms with Crippen LogP contribution in [0.15, 0.2) is 54.6 Å². The maximum atomic E-state index is 15.3. The fraction of sp³-hybridized carbons (Fsp3) is 0.650. The molecule has 1 aromatic carbocycles. The van der Waals surface area contributed by atoms with Gasteiger partial charge in [0.1, 0.15) is 23.7 Å². The summed E-state index contributed by atoms with van der Waals surface area (Å²) in [6, 6.07) is 7.03. The summed E-state index contributed by atoms with van der Waals surface area (Å²) in [4.78, 5) is 63.0. The number of cyclic esters (lactones) is 1. The van der Waals surface area contributed by atoms with Crippen LogP contribution in [0, 0.1) is 23.2 Å². The van der Waals surface area contributed by atoms with Crippen LogP contribution in [0.4, 0.5) is 0 Å². The van der Waals surface area contributed by atoms with Gasteiger partial charge >= 0.3 is 5.97 Å². The number of hydrogen-bond donors (Lipinski definition) is 1. The molecule has 4 aliphatic rings. The number of hydrogen-bond acceptors (Lipinski definition) is 7. The number of aliphatic hydroxyl groups excluding tert-OH is 1. The molecule has 2 saturated heterocycles. The predicted octanol–water partition coefficient (Wildman–Crippen LogP) is 5.07. The Morgan fingerprint density at radius 3 is 2.30 bits per heavy atom. The minimum Gasteiger partial charge on any atom is -0.455 e. The van der Waals surface area contributed by atoms with Crippen molar-refractivity contribution in [3.63, 3.8) is 0 Å². The number of esters is 1. The molecule has 0 radical (unpaired) electrons. The van der Waals surface area contributed by atoms with E-state index in [0.717, 1.165) is 5.56 Å². The van der Waals surface area contributed by atoms with Gasteiger partial charge in [0.25, 0.3) is 0 Å². The number of rotatable bonds is 7. The van der Waals surface area contributed by atoms with E-state index in [2.05, 4.69) is 20.8 Å². The van der Waals surface area contributed by atoms with Crippen molar-refractivity contribution < 1.29 is 33.8 Å². The second kappa shape index (κ2) is 14.3. The van der Waals surface area contributed by atoms with Crippen molar-refractivity contribution in [2.75, 3.05) is 20.2 Å². The van der Waals surface area contributed by atoms with Gasteiger partial charge in [-0.15, -0.1) is 0 Å². The van der Waals surface area contributed by atoms with Crippen LogP contribution in [0.25, 0.3) is 0 Å². The largest absolute Gasteiger partial charge is 0.455 e. The number of ether oxygens (including phenoxy) is 2. The molecule has 10 nitrogen and oxygen atoms in total. The van der Waals surface area contributed by atoms with E-state index in [1.165, 1.54) is 4.90 Å². The second-order valence-corrected chi connectivity index (χ2v) is 16.9. The van der Waals surface area contributed by atoms with Gasteiger partial charge < -0.3 is 29.3 Å². The zero-order chi connectivity index (χ0) is 36.8. The average molecular weight is 692 g/mol. The lowest BCUT2D eigenvalue weighted by atomic mass is 9.74. The molecule has 4 heterocycles. The van der Waals surface area contributed by atoms with E-state index in [1.54, 1.807) is 24.1 Å². The van der Waals surface area contributed by atoms with Gasteiger partial charge in [0, 0.05) is 25.6 Å². The zero-order valence-electron chi connectivity index (χ0n) is 31.3. The lowest BCUT2D eigenvalue weighted by molar-refractivity contribution is -0.164. The standard InChI is InChI=1S/C40H57N3O7/c1-25(2)22-28(23-44)43-34-36(47)42(39(7,8)24-38(4,5)6)21-15-11-14-18-30(45)41(9)26(3)33(27-16-12-10-13-17-27)49-37(48)31-29-19-20-40(34,50-29)32(31)35(43)46/h10-13,15-17,19-20,25-26,28-29,31-34,44H,14,18,21-24H2,1-9H3/b15-11-/t26-,28+,29+,31-,32-,33+,34+,40-/m0/s1. The fourth-order valence-corrected chi connectivity index (χ4v) is 8.95. The number of fused-ring (bicyclic) bond motifs is 2. The van der Waals surface area contributed by atoms with Crippen LogP contribution in [0.5, 0.6) is 0 Å². The summed E-state index contributed by atoms with van der Waals surface area (Å²) in [7, 11) is 1.72. The fourth-order valence-electron chi connectivity index (χ4n) is 8.95. The van der Waals surface area contributed by atoms with E-state index < -0.39 is 65.2 Å². The minimum atomic E-state index is -1.42. The van der Waals surface area contributed by atoms with Crippen molar-refractivity contribution in [3.8, 4) is 0 Å². The summed E-state index contributed by atoms with van der Waals surface area (Å²) in [6.07, 6.45) is 7.71. The summed E-state index contributed by atoms with van der Waals surface area (Å²) in [6.45, 7) is 16.3. The monoisotopic (exact) mass is 691 g/mol. The van der Waals surface area contributed by atoms with Gasteiger partial charge in [-0.3, -0.25) is 19.2 Å². The minimum absolute atomic E-state index is 0.0975. The van der Waals surface area contributed by atoms with Gasteiger partial charge in [0.2, 0.25) is 17.7 Å². The molecule has 2 fully saturated rings. The molecule has 10 heteroatoms. The molecule has 50 heavy (non-hydrogen) atoms. The highest BCUT2D eigenvalue weighted by Crippen LogP contribution is 2.57. The van der Waals surface area contributed by atoms with Crippen molar-refractivity contribution in [1.82, 2.24) is 14.7 Å². The van der Waals surface area contributed by atoms with Gasteiger partial charge in [0.15, 0.2) is 0 Å². The van der Waals surface area contributed by atoms with E-state index in [9.17, 15) is 19.5 Å². The third-order valence-electron chi connectivity index (χ3n) is 10.9. The Morgan fingerprint density at radius 2 is 1.68 bits per heavy atom. The van der Waals surface area contributed by atoms with Crippen LogP contribution in [-0.4, -0.2) is 99.1 Å². The molecule has 0 unspecified atom stereocenters. The number of carbonyl (C=O) groups excluding carboxylic acids is 4. The van der Waals surface area contributed by atoms with Gasteiger partial charge in [0.05, 0.1) is 30.7 Å². The summed E-state index contributed by atoms with van der Waals surface area (Å²) < 4.78 is 13.0. The number of amides is 3. The van der Waals surface area contributed by atoms with Gasteiger partial charge in [-0.25, -0.2) is 0 Å². The molecule has 0 aliphatic carbocycles. The first-order valence-electron chi connectivity index (χ1n) is 18.2. The van der Waals surface area contributed by atoms with Gasteiger partial charge in [-0.05, 0) is 56.9 Å². The Balaban J connectivity index is 1.67. The van der Waals surface area contributed by atoms with Crippen LogP contribution in [-0.2, 0) is 28.7 Å². The smallest absolute Gasteiger partial charge is 0.313 e. The SMILES string of the molecule is CC(C)C[C@H](CO)N1C(=O)[C@@H]2[C@H]3C(=O)O[C@@H](c4ccccc4)[C@H](C)N(C)C(=O)CC/C=C\CN(C(C)(C)CC(C)(C)C)C(=O)[C@@H]1[C@]21C=C[C@H]3O1. The molecule has 8 atom stereocenters. The van der Waals surface area contributed by atoms with E-state index in [0.29, 0.717) is 19.3 Å².